The van der Waals surface area contributed by atoms with Crippen molar-refractivity contribution in [3.63, 3.8) is 0 Å². The second-order valence-corrected chi connectivity index (χ2v) is 14.5. The van der Waals surface area contributed by atoms with E-state index in [1.54, 1.807) is 24.3 Å². The van der Waals surface area contributed by atoms with Crippen molar-refractivity contribution in [2.24, 2.45) is 21.8 Å². The van der Waals surface area contributed by atoms with Gasteiger partial charge in [0.05, 0.1) is 23.3 Å². The molecule has 264 valence electrons. The number of nitrogens with one attached hydrogen (secondary N) is 2. The van der Waals surface area contributed by atoms with Gasteiger partial charge in [-0.3, -0.25) is 28.3 Å². The highest BCUT2D eigenvalue weighted by molar-refractivity contribution is 7.91. The van der Waals surface area contributed by atoms with Gasteiger partial charge in [-0.2, -0.15) is 16.8 Å². The van der Waals surface area contributed by atoms with Gasteiger partial charge in [0.25, 0.3) is 32.1 Å². The Morgan fingerprint density at radius 3 is 1.44 bits per heavy atom. The van der Waals surface area contributed by atoms with E-state index in [0.717, 1.165) is 12.2 Å². The van der Waals surface area contributed by atoms with Crippen LogP contribution in [0.25, 0.3) is 0 Å². The van der Waals surface area contributed by atoms with E-state index in [2.05, 4.69) is 20.6 Å². The predicted octanol–water partition coefficient (Wildman–Crippen LogP) is 4.21. The Kier molecular flexibility index (Phi) is 9.61. The number of nitrogens with zero attached hydrogens (tertiary/aromatic N) is 2. The average molecular weight is 743 g/mol. The van der Waals surface area contributed by atoms with Gasteiger partial charge >= 0.3 is 6.03 Å². The van der Waals surface area contributed by atoms with Gasteiger partial charge in [0.1, 0.15) is 9.81 Å². The molecule has 17 heteroatoms. The first-order chi connectivity index (χ1) is 24.6. The molecule has 6 rings (SSSR count). The van der Waals surface area contributed by atoms with E-state index < -0.39 is 71.3 Å². The summed E-state index contributed by atoms with van der Waals surface area (Å²) in [6.07, 6.45) is 11.6. The summed E-state index contributed by atoms with van der Waals surface area (Å²) < 4.78 is 66.6. The molecule has 4 aliphatic carbocycles. The van der Waals surface area contributed by atoms with Crippen LogP contribution >= 0.6 is 0 Å². The lowest BCUT2D eigenvalue weighted by Gasteiger charge is -2.25. The van der Waals surface area contributed by atoms with Crippen LogP contribution in [0.5, 0.6) is 0 Å². The normalized spacial score (nSPS) is 21.3. The van der Waals surface area contributed by atoms with Crippen molar-refractivity contribution in [3.05, 3.63) is 129 Å². The Morgan fingerprint density at radius 1 is 0.654 bits per heavy atom. The van der Waals surface area contributed by atoms with Crippen LogP contribution in [0.1, 0.15) is 33.6 Å². The second-order valence-electron chi connectivity index (χ2n) is 11.7. The summed E-state index contributed by atoms with van der Waals surface area (Å²) in [6, 6.07) is 10.5. The fourth-order valence-corrected chi connectivity index (χ4v) is 7.20. The van der Waals surface area contributed by atoms with Crippen molar-refractivity contribution in [1.29, 1.82) is 0 Å². The minimum absolute atomic E-state index is 0.000593. The lowest BCUT2D eigenvalue weighted by molar-refractivity contribution is -0.118. The lowest BCUT2D eigenvalue weighted by Crippen LogP contribution is -2.32. The molecule has 2 aromatic rings. The number of hydrogen-bond donors (Lipinski definition) is 4. The molecule has 2 unspecified atom stereocenters. The minimum atomic E-state index is -4.89. The number of anilines is 2. The number of urea groups is 1. The van der Waals surface area contributed by atoms with Crippen LogP contribution in [0.4, 0.5) is 16.2 Å². The molecule has 15 nitrogen and oxygen atoms in total. The molecule has 4 amide bonds. The first kappa shape index (κ1) is 35.8. The topological polar surface area (TPSA) is 243 Å². The zero-order valence-electron chi connectivity index (χ0n) is 26.6. The van der Waals surface area contributed by atoms with Gasteiger partial charge in [0, 0.05) is 22.5 Å². The van der Waals surface area contributed by atoms with Crippen molar-refractivity contribution in [1.82, 2.24) is 0 Å². The molecule has 2 atom stereocenters. The molecule has 0 fully saturated rings. The largest absolute Gasteiger partial charge is 0.323 e. The highest BCUT2D eigenvalue weighted by Crippen LogP contribution is 2.34. The van der Waals surface area contributed by atoms with Crippen molar-refractivity contribution in [2.45, 2.75) is 12.8 Å². The van der Waals surface area contributed by atoms with Crippen LogP contribution in [0.2, 0.25) is 0 Å². The zero-order chi connectivity index (χ0) is 37.4. The number of carbonyl (C=O) groups is 5. The number of carbonyl (C=O) groups excluding carboxylic acids is 5. The first-order valence-corrected chi connectivity index (χ1v) is 18.2. The van der Waals surface area contributed by atoms with Crippen molar-refractivity contribution in [2.75, 3.05) is 10.6 Å². The summed E-state index contributed by atoms with van der Waals surface area (Å²) >= 11 is 0. The van der Waals surface area contributed by atoms with Crippen LogP contribution in [-0.2, 0) is 29.8 Å². The molecule has 0 spiro atoms. The number of rotatable bonds is 6. The maximum absolute atomic E-state index is 13.2. The van der Waals surface area contributed by atoms with E-state index in [9.17, 15) is 49.9 Å². The Labute approximate surface area is 296 Å². The molecule has 0 saturated carbocycles. The van der Waals surface area contributed by atoms with Gasteiger partial charge in [-0.25, -0.2) is 14.8 Å². The Morgan fingerprint density at radius 2 is 1.06 bits per heavy atom. The van der Waals surface area contributed by atoms with Gasteiger partial charge in [-0.1, -0.05) is 48.6 Å². The summed E-state index contributed by atoms with van der Waals surface area (Å²) in [7, 11) is -9.78. The van der Waals surface area contributed by atoms with E-state index in [-0.39, 0.29) is 46.8 Å². The Bertz CT molecular complexity index is 2300. The summed E-state index contributed by atoms with van der Waals surface area (Å²) in [6.45, 7) is 0. The monoisotopic (exact) mass is 742 g/mol. The fraction of sp³-hybridized carbons (Fsp3) is 0.114. The number of allylic oxidation sites excluding steroid dienone is 12. The molecule has 2 aromatic carbocycles. The summed E-state index contributed by atoms with van der Waals surface area (Å²) in [5, 5.41) is 5.10. The third-order valence-electron chi connectivity index (χ3n) is 8.30. The summed E-state index contributed by atoms with van der Waals surface area (Å²) in [5.74, 6) is -5.16. The van der Waals surface area contributed by atoms with E-state index in [4.69, 9.17) is 0 Å². The molecule has 52 heavy (non-hydrogen) atoms. The zero-order valence-corrected chi connectivity index (χ0v) is 28.2. The Balaban J connectivity index is 1.18. The quantitative estimate of drug-likeness (QED) is 0.306. The van der Waals surface area contributed by atoms with Crippen LogP contribution in [0.15, 0.2) is 128 Å². The van der Waals surface area contributed by atoms with Gasteiger partial charge < -0.3 is 10.6 Å². The van der Waals surface area contributed by atoms with Crippen molar-refractivity contribution >= 4 is 72.4 Å². The third kappa shape index (κ3) is 7.52. The van der Waals surface area contributed by atoms with E-state index in [0.29, 0.717) is 11.1 Å². The van der Waals surface area contributed by atoms with Gasteiger partial charge in [0.2, 0.25) is 0 Å². The predicted molar refractivity (Wildman–Crippen MR) is 189 cm³/mol. The molecular formula is C35H26N4O11S2. The molecule has 0 aliphatic heterocycles. The highest BCUT2D eigenvalue weighted by atomic mass is 32.2. The molecule has 0 bridgehead atoms. The molecule has 4 N–H and O–H groups in total. The van der Waals surface area contributed by atoms with Gasteiger partial charge in [-0.05, 0) is 72.5 Å². The van der Waals surface area contributed by atoms with E-state index in [1.807, 2.05) is 0 Å². The van der Waals surface area contributed by atoms with Crippen LogP contribution < -0.4 is 10.6 Å². The third-order valence-corrected chi connectivity index (χ3v) is 10.0. The maximum atomic E-state index is 13.2. The molecule has 0 saturated heterocycles. The molecule has 0 aromatic heterocycles. The highest BCUT2D eigenvalue weighted by Gasteiger charge is 2.39. The number of benzene rings is 2. The molecular weight excluding hydrogens is 717 g/mol. The standard InChI is InChI=1S/C35H26N4O11S2/c40-31-25-13-3-1-11-23(25)27(17-29(31)51(45,46)47)38-33(42)19-7-5-9-21(15-19)36-35(44)37-22-10-6-8-20(16-22)34(43)39-28-18-30(52(48,49)50)32(41)26-14-4-2-12-24(26)28/h1-12,15-18,25-26H,13-14H2,(H2,36,37,44)(H,45,46,47)(H,48,49,50). The molecule has 4 aliphatic rings. The van der Waals surface area contributed by atoms with Gasteiger partial charge in [0.15, 0.2) is 11.6 Å². The maximum Gasteiger partial charge on any atom is 0.323 e. The number of Topliss-reactive ketones (excluding diaryl/α,β-unsaturated/α-hetero) is 2. The van der Waals surface area contributed by atoms with Gasteiger partial charge in [-0.15, -0.1) is 0 Å². The number of fused-ring (bicyclic) bond motifs is 2. The number of amides is 4. The lowest BCUT2D eigenvalue weighted by atomic mass is 9.81. The van der Waals surface area contributed by atoms with E-state index >= 15 is 0 Å². The summed E-state index contributed by atoms with van der Waals surface area (Å²) in [5.41, 5.74) is 0.726. The van der Waals surface area contributed by atoms with E-state index in [1.165, 1.54) is 60.7 Å². The van der Waals surface area contributed by atoms with Crippen molar-refractivity contribution < 1.29 is 49.9 Å². The Hall–Kier alpha value is -6.01. The number of aliphatic imine (C=N–C) groups is 2. The first-order valence-electron chi connectivity index (χ1n) is 15.4. The summed E-state index contributed by atoms with van der Waals surface area (Å²) in [4.78, 5) is 70.9. The SMILES string of the molecule is O=C(Nc1cccc(C(=O)N=C2C=C(S(=O)(=O)O)C(=O)C3CC=CC=C23)c1)Nc1cccc(C(=O)N=C2C=C(S(=O)(=O)O)C(=O)C3CC=CC=C23)c1. The molecule has 0 heterocycles. The minimum Gasteiger partial charge on any atom is -0.308 e. The van der Waals surface area contributed by atoms with Crippen LogP contribution in [0, 0.1) is 11.8 Å². The average Bonchev–Trinajstić information content (AvgIpc) is 3.10. The molecule has 0 radical (unpaired) electrons. The second kappa shape index (κ2) is 14.0. The van der Waals surface area contributed by atoms with Crippen molar-refractivity contribution in [3.8, 4) is 0 Å². The number of ketones is 2. The van der Waals surface area contributed by atoms with Crippen LogP contribution in [-0.4, -0.2) is 66.8 Å². The fourth-order valence-electron chi connectivity index (χ4n) is 5.88. The smallest absolute Gasteiger partial charge is 0.308 e. The van der Waals surface area contributed by atoms with Crippen LogP contribution in [0.3, 0.4) is 0 Å². The number of hydrogen-bond acceptors (Lipinski definition) is 9.